The summed E-state index contributed by atoms with van der Waals surface area (Å²) in [7, 11) is 0. The number of hydrogen-bond acceptors (Lipinski definition) is 2. The molecule has 2 aromatic rings. The van der Waals surface area contributed by atoms with E-state index in [0.29, 0.717) is 6.42 Å². The van der Waals surface area contributed by atoms with Crippen molar-refractivity contribution in [2.24, 2.45) is 0 Å². The number of ether oxygens (including phenoxy) is 1. The summed E-state index contributed by atoms with van der Waals surface area (Å²) in [4.78, 5) is 12.3. The molecular weight excluding hydrogens is 262 g/mol. The molecule has 2 aliphatic rings. The fourth-order valence-corrected chi connectivity index (χ4v) is 3.39. The smallest absolute Gasteiger partial charge is 0.179 e. The molecule has 3 nitrogen and oxygen atoms in total. The molecule has 1 aliphatic heterocycles. The number of epoxide rings is 1. The first-order valence-corrected chi connectivity index (χ1v) is 7.08. The number of carbonyl (C=O) groups is 1. The Morgan fingerprint density at radius 1 is 1.37 bits per heavy atom. The number of fused-ring (bicyclic) bond motifs is 3. The summed E-state index contributed by atoms with van der Waals surface area (Å²) in [6, 6.07) is 5.93. The molecule has 0 radical (unpaired) electrons. The summed E-state index contributed by atoms with van der Waals surface area (Å²) in [5, 5.41) is 1.86. The van der Waals surface area contributed by atoms with E-state index in [9.17, 15) is 4.79 Å². The Hall–Kier alpha value is -1.32. The minimum absolute atomic E-state index is 0.241. The van der Waals surface area contributed by atoms with Crippen LogP contribution in [0.5, 0.6) is 0 Å². The van der Waals surface area contributed by atoms with Crippen molar-refractivity contribution in [2.45, 2.75) is 31.9 Å². The van der Waals surface area contributed by atoms with Gasteiger partial charge in [-0.05, 0) is 24.5 Å². The highest BCUT2D eigenvalue weighted by molar-refractivity contribution is 6.35. The van der Waals surface area contributed by atoms with Gasteiger partial charge in [0.1, 0.15) is 0 Å². The second-order valence-electron chi connectivity index (χ2n) is 5.31. The number of hydrogen-bond donors (Lipinski definition) is 0. The van der Waals surface area contributed by atoms with E-state index in [4.69, 9.17) is 16.3 Å². The van der Waals surface area contributed by atoms with Gasteiger partial charge >= 0.3 is 0 Å². The maximum Gasteiger partial charge on any atom is 0.179 e. The van der Waals surface area contributed by atoms with Gasteiger partial charge in [-0.15, -0.1) is 0 Å². The lowest BCUT2D eigenvalue weighted by Crippen LogP contribution is -2.17. The number of aromatic nitrogens is 1. The molecule has 1 aliphatic carbocycles. The van der Waals surface area contributed by atoms with Crippen molar-refractivity contribution in [1.29, 1.82) is 0 Å². The van der Waals surface area contributed by atoms with Crippen LogP contribution in [0.1, 0.15) is 28.9 Å². The Morgan fingerprint density at radius 3 is 3.00 bits per heavy atom. The lowest BCUT2D eigenvalue weighted by Gasteiger charge is -2.14. The maximum atomic E-state index is 12.3. The van der Waals surface area contributed by atoms with E-state index >= 15 is 0 Å². The standard InChI is InChI=1S/C15H14ClNO2/c16-12-5-1-3-10-11-4-2-6-13(18)15(11)17(14(10)12)7-9-8-19-9/h1,3,5,9H,2,4,6-8H2/t9-/m1/s1. The maximum absolute atomic E-state index is 12.3. The molecule has 19 heavy (non-hydrogen) atoms. The molecule has 2 heterocycles. The normalized spacial score (nSPS) is 21.7. The average Bonchev–Trinajstić information content (AvgIpc) is 3.14. The first-order valence-electron chi connectivity index (χ1n) is 6.70. The molecular formula is C15H14ClNO2. The molecule has 0 spiro atoms. The van der Waals surface area contributed by atoms with E-state index in [1.165, 1.54) is 5.56 Å². The predicted octanol–water partition coefficient (Wildman–Crippen LogP) is 3.21. The first kappa shape index (κ1) is 11.5. The van der Waals surface area contributed by atoms with Crippen LogP contribution in [-0.4, -0.2) is 23.1 Å². The van der Waals surface area contributed by atoms with E-state index in [-0.39, 0.29) is 11.9 Å². The monoisotopic (exact) mass is 275 g/mol. The van der Waals surface area contributed by atoms with Crippen molar-refractivity contribution in [3.8, 4) is 0 Å². The quantitative estimate of drug-likeness (QED) is 0.789. The molecule has 4 heteroatoms. The van der Waals surface area contributed by atoms with Gasteiger partial charge in [-0.3, -0.25) is 4.79 Å². The SMILES string of the molecule is O=C1CCCc2c1n(C[C@@H]1CO1)c1c(Cl)cccc21. The molecule has 1 aromatic carbocycles. The van der Waals surface area contributed by atoms with E-state index in [1.807, 2.05) is 12.1 Å². The van der Waals surface area contributed by atoms with Crippen LogP contribution < -0.4 is 0 Å². The largest absolute Gasteiger partial charge is 0.371 e. The molecule has 0 unspecified atom stereocenters. The van der Waals surface area contributed by atoms with Crippen molar-refractivity contribution in [3.05, 3.63) is 34.5 Å². The lowest BCUT2D eigenvalue weighted by molar-refractivity contribution is 0.0963. The van der Waals surface area contributed by atoms with Gasteiger partial charge in [-0.2, -0.15) is 0 Å². The molecule has 1 aromatic heterocycles. The Balaban J connectivity index is 2.04. The first-order chi connectivity index (χ1) is 9.25. The molecule has 0 saturated carbocycles. The summed E-state index contributed by atoms with van der Waals surface area (Å²) in [6.07, 6.45) is 2.80. The molecule has 4 rings (SSSR count). The van der Waals surface area contributed by atoms with Gasteiger partial charge in [0.15, 0.2) is 5.78 Å². The van der Waals surface area contributed by atoms with Crippen molar-refractivity contribution >= 4 is 28.3 Å². The Morgan fingerprint density at radius 2 is 2.21 bits per heavy atom. The molecule has 1 atom stereocenters. The number of halogens is 1. The van der Waals surface area contributed by atoms with Gasteiger partial charge in [-0.25, -0.2) is 0 Å². The summed E-state index contributed by atoms with van der Waals surface area (Å²) >= 11 is 6.36. The molecule has 0 bridgehead atoms. The van der Waals surface area contributed by atoms with Gasteiger partial charge < -0.3 is 9.30 Å². The number of ketones is 1. The van der Waals surface area contributed by atoms with Crippen LogP contribution in [0.2, 0.25) is 5.02 Å². The third-order valence-corrected chi connectivity index (χ3v) is 4.33. The molecule has 0 N–H and O–H groups in total. The number of aryl methyl sites for hydroxylation is 1. The Labute approximate surface area is 116 Å². The zero-order chi connectivity index (χ0) is 13.0. The Bertz CT molecular complexity index is 685. The van der Waals surface area contributed by atoms with Crippen LogP contribution in [0.4, 0.5) is 0 Å². The fourth-order valence-electron chi connectivity index (χ4n) is 3.11. The van der Waals surface area contributed by atoms with Crippen molar-refractivity contribution in [3.63, 3.8) is 0 Å². The van der Waals surface area contributed by atoms with E-state index in [1.54, 1.807) is 0 Å². The van der Waals surface area contributed by atoms with Crippen LogP contribution in [0.15, 0.2) is 18.2 Å². The predicted molar refractivity (Wildman–Crippen MR) is 74.0 cm³/mol. The van der Waals surface area contributed by atoms with Crippen molar-refractivity contribution in [2.75, 3.05) is 6.61 Å². The summed E-state index contributed by atoms with van der Waals surface area (Å²) < 4.78 is 7.41. The number of Topliss-reactive ketones (excluding diaryl/α,β-unsaturated/α-hetero) is 1. The minimum Gasteiger partial charge on any atom is -0.371 e. The number of rotatable bonds is 2. The highest BCUT2D eigenvalue weighted by atomic mass is 35.5. The van der Waals surface area contributed by atoms with Crippen LogP contribution in [-0.2, 0) is 17.7 Å². The third-order valence-electron chi connectivity index (χ3n) is 4.02. The molecule has 98 valence electrons. The minimum atomic E-state index is 0.241. The zero-order valence-electron chi connectivity index (χ0n) is 10.5. The van der Waals surface area contributed by atoms with Crippen LogP contribution in [0.25, 0.3) is 10.9 Å². The molecule has 1 saturated heterocycles. The van der Waals surface area contributed by atoms with Gasteiger partial charge in [0.25, 0.3) is 0 Å². The molecule has 0 amide bonds. The van der Waals surface area contributed by atoms with Crippen LogP contribution in [0, 0.1) is 0 Å². The van der Waals surface area contributed by atoms with Gasteiger partial charge in [0.2, 0.25) is 0 Å². The second kappa shape index (κ2) is 4.09. The van der Waals surface area contributed by atoms with Crippen LogP contribution in [0.3, 0.4) is 0 Å². The highest BCUT2D eigenvalue weighted by Crippen LogP contribution is 2.36. The topological polar surface area (TPSA) is 34.5 Å². The van der Waals surface area contributed by atoms with Crippen LogP contribution >= 0.6 is 11.6 Å². The number of nitrogens with zero attached hydrogens (tertiary/aromatic N) is 1. The highest BCUT2D eigenvalue weighted by Gasteiger charge is 2.31. The van der Waals surface area contributed by atoms with Gasteiger partial charge in [-0.1, -0.05) is 23.7 Å². The number of benzene rings is 1. The Kier molecular flexibility index (Phi) is 2.47. The number of para-hydroxylation sites is 1. The average molecular weight is 276 g/mol. The van der Waals surface area contributed by atoms with E-state index in [2.05, 4.69) is 10.6 Å². The lowest BCUT2D eigenvalue weighted by atomic mass is 9.94. The molecule has 1 fully saturated rings. The summed E-state index contributed by atoms with van der Waals surface area (Å²) in [6.45, 7) is 1.52. The third kappa shape index (κ3) is 1.72. The van der Waals surface area contributed by atoms with Crippen molar-refractivity contribution in [1.82, 2.24) is 4.57 Å². The van der Waals surface area contributed by atoms with Gasteiger partial charge in [0.05, 0.1) is 35.5 Å². The van der Waals surface area contributed by atoms with E-state index < -0.39 is 0 Å². The number of carbonyl (C=O) groups excluding carboxylic acids is 1. The van der Waals surface area contributed by atoms with Gasteiger partial charge in [0, 0.05) is 11.8 Å². The summed E-state index contributed by atoms with van der Waals surface area (Å²) in [5.41, 5.74) is 3.04. The second-order valence-corrected chi connectivity index (χ2v) is 5.71. The van der Waals surface area contributed by atoms with Crippen molar-refractivity contribution < 1.29 is 9.53 Å². The zero-order valence-corrected chi connectivity index (χ0v) is 11.2. The summed E-state index contributed by atoms with van der Waals surface area (Å²) in [5.74, 6) is 0.245. The van der Waals surface area contributed by atoms with E-state index in [0.717, 1.165) is 47.6 Å². The fraction of sp³-hybridized carbons (Fsp3) is 0.400.